The Morgan fingerprint density at radius 1 is 0.707 bits per heavy atom. The Bertz CT molecular complexity index is 833. The Morgan fingerprint density at radius 3 is 1.90 bits per heavy atom. The van der Waals surface area contributed by atoms with E-state index in [0.29, 0.717) is 37.7 Å². The van der Waals surface area contributed by atoms with Crippen molar-refractivity contribution in [3.05, 3.63) is 0 Å². The highest BCUT2D eigenvalue weighted by atomic mass is 17.2. The summed E-state index contributed by atoms with van der Waals surface area (Å²) in [5.41, 5.74) is 0.151. The quantitative estimate of drug-likeness (QED) is 0.152. The van der Waals surface area contributed by atoms with Crippen molar-refractivity contribution in [2.24, 2.45) is 40.9 Å². The molecule has 41 heavy (non-hydrogen) atoms. The third-order valence-corrected chi connectivity index (χ3v) is 11.1. The Kier molecular flexibility index (Phi) is 11.9. The van der Waals surface area contributed by atoms with Crippen molar-refractivity contribution >= 4 is 11.9 Å². The van der Waals surface area contributed by atoms with E-state index in [9.17, 15) is 24.9 Å². The first-order valence-electron chi connectivity index (χ1n) is 15.9. The van der Waals surface area contributed by atoms with E-state index in [-0.39, 0.29) is 48.6 Å². The van der Waals surface area contributed by atoms with Crippen molar-refractivity contribution in [2.45, 2.75) is 128 Å². The predicted molar refractivity (Wildman–Crippen MR) is 148 cm³/mol. The number of aliphatic hydroxyl groups is 2. The number of aliphatic carboxylic acids is 1. The minimum atomic E-state index is -0.984. The molecule has 0 aromatic carbocycles. The third kappa shape index (κ3) is 8.63. The van der Waals surface area contributed by atoms with E-state index in [0.717, 1.165) is 64.2 Å². The Balaban J connectivity index is 1.17. The average molecular weight is 585 g/mol. The Labute approximate surface area is 243 Å². The lowest BCUT2D eigenvalue weighted by molar-refractivity contribution is -0.341. The number of hydrogen-bond acceptors (Lipinski definition) is 9. The zero-order valence-electron chi connectivity index (χ0n) is 24.8. The highest BCUT2D eigenvalue weighted by Crippen LogP contribution is 2.49. The minimum Gasteiger partial charge on any atom is -0.481 e. The number of ether oxygens (including phenoxy) is 1. The van der Waals surface area contributed by atoms with Crippen molar-refractivity contribution < 1.29 is 49.6 Å². The molecule has 6 atom stereocenters. The van der Waals surface area contributed by atoms with Crippen LogP contribution in [0.5, 0.6) is 0 Å². The van der Waals surface area contributed by atoms with Gasteiger partial charge in [0.1, 0.15) is 6.10 Å². The van der Waals surface area contributed by atoms with Gasteiger partial charge in [-0.15, -0.1) is 0 Å². The van der Waals surface area contributed by atoms with E-state index in [2.05, 4.69) is 18.7 Å². The standard InChI is InChI=1S/C31H52O10/c1-31(2,21-4-10-25(11-5-21)40-30(36)28-16-24(33)9-14-27(28)29(34)35)22-6-12-26(13-7-22)41-39-18-20-15-23(32)8-3-19(20)17-38-37/h19-28,32-33,37H,3-18H2,1-2H3,(H,34,35). The van der Waals surface area contributed by atoms with Crippen LogP contribution in [0, 0.1) is 40.9 Å². The van der Waals surface area contributed by atoms with Crippen LogP contribution in [0.1, 0.15) is 104 Å². The van der Waals surface area contributed by atoms with Gasteiger partial charge in [-0.3, -0.25) is 14.8 Å². The maximum absolute atomic E-state index is 12.9. The van der Waals surface area contributed by atoms with Crippen LogP contribution in [-0.2, 0) is 29.0 Å². The minimum absolute atomic E-state index is 0.0613. The number of carboxylic acids is 1. The predicted octanol–water partition coefficient (Wildman–Crippen LogP) is 4.75. The second kappa shape index (κ2) is 14.9. The van der Waals surface area contributed by atoms with E-state index >= 15 is 0 Å². The lowest BCUT2D eigenvalue weighted by Crippen LogP contribution is -2.41. The second-order valence-corrected chi connectivity index (χ2v) is 13.9. The number of esters is 1. The van der Waals surface area contributed by atoms with Crippen LogP contribution in [0.3, 0.4) is 0 Å². The number of carbonyl (C=O) groups is 2. The smallest absolute Gasteiger partial charge is 0.310 e. The molecule has 4 fully saturated rings. The lowest BCUT2D eigenvalue weighted by atomic mass is 9.60. The van der Waals surface area contributed by atoms with Crippen LogP contribution in [0.25, 0.3) is 0 Å². The number of carbonyl (C=O) groups excluding carboxylic acids is 1. The van der Waals surface area contributed by atoms with Gasteiger partial charge < -0.3 is 20.1 Å². The van der Waals surface area contributed by atoms with E-state index in [4.69, 9.17) is 19.8 Å². The molecule has 4 aliphatic carbocycles. The molecule has 0 heterocycles. The van der Waals surface area contributed by atoms with Gasteiger partial charge in [0.2, 0.25) is 0 Å². The number of rotatable bonds is 11. The number of carboxylic acid groups (broad SMARTS) is 1. The molecular formula is C31H52O10. The molecule has 10 heteroatoms. The van der Waals surface area contributed by atoms with Crippen molar-refractivity contribution in [1.29, 1.82) is 0 Å². The van der Waals surface area contributed by atoms with Gasteiger partial charge in [0.15, 0.2) is 0 Å². The molecule has 0 spiro atoms. The normalized spacial score (nSPS) is 38.8. The molecule has 0 saturated heterocycles. The molecule has 0 aromatic heterocycles. The first kappa shape index (κ1) is 32.6. The van der Waals surface area contributed by atoms with Crippen LogP contribution in [0.2, 0.25) is 0 Å². The van der Waals surface area contributed by atoms with Crippen LogP contribution in [-0.4, -0.2) is 70.1 Å². The van der Waals surface area contributed by atoms with Gasteiger partial charge in [0, 0.05) is 0 Å². The SMILES string of the molecule is CC(C)(C1CCC(OOCC2CC(O)CCC2COO)CC1)C1CCC(OC(=O)C2CC(O)CCC2C(=O)O)CC1. The van der Waals surface area contributed by atoms with Crippen molar-refractivity contribution in [3.63, 3.8) is 0 Å². The van der Waals surface area contributed by atoms with E-state index in [1.807, 2.05) is 0 Å². The van der Waals surface area contributed by atoms with Crippen LogP contribution < -0.4 is 0 Å². The fourth-order valence-corrected chi connectivity index (χ4v) is 8.16. The van der Waals surface area contributed by atoms with Crippen LogP contribution in [0.4, 0.5) is 0 Å². The van der Waals surface area contributed by atoms with Gasteiger partial charge in [0.25, 0.3) is 0 Å². The Hall–Kier alpha value is -1.30. The van der Waals surface area contributed by atoms with Crippen molar-refractivity contribution in [1.82, 2.24) is 0 Å². The molecule has 0 bridgehead atoms. The summed E-state index contributed by atoms with van der Waals surface area (Å²) >= 11 is 0. The number of aliphatic hydroxyl groups excluding tert-OH is 2. The summed E-state index contributed by atoms with van der Waals surface area (Å²) in [5.74, 6) is -1.62. The zero-order chi connectivity index (χ0) is 29.6. The van der Waals surface area contributed by atoms with Gasteiger partial charge >= 0.3 is 11.9 Å². The first-order valence-corrected chi connectivity index (χ1v) is 15.9. The molecular weight excluding hydrogens is 532 g/mol. The van der Waals surface area contributed by atoms with Gasteiger partial charge in [0.05, 0.1) is 43.4 Å². The van der Waals surface area contributed by atoms with Crippen LogP contribution in [0.15, 0.2) is 0 Å². The molecule has 6 unspecified atom stereocenters. The van der Waals surface area contributed by atoms with Gasteiger partial charge in [-0.2, -0.15) is 0 Å². The topological polar surface area (TPSA) is 152 Å². The molecule has 0 aliphatic heterocycles. The fourth-order valence-electron chi connectivity index (χ4n) is 8.16. The van der Waals surface area contributed by atoms with Gasteiger partial charge in [-0.05, 0) is 119 Å². The first-order chi connectivity index (χ1) is 19.6. The lowest BCUT2D eigenvalue weighted by Gasteiger charge is -2.46. The third-order valence-electron chi connectivity index (χ3n) is 11.1. The van der Waals surface area contributed by atoms with Gasteiger partial charge in [-0.1, -0.05) is 13.8 Å². The molecule has 236 valence electrons. The van der Waals surface area contributed by atoms with Crippen molar-refractivity contribution in [2.75, 3.05) is 13.2 Å². The molecule has 4 aliphatic rings. The summed E-state index contributed by atoms with van der Waals surface area (Å²) in [6.07, 6.45) is 9.49. The molecule has 10 nitrogen and oxygen atoms in total. The summed E-state index contributed by atoms with van der Waals surface area (Å²) in [6, 6.07) is 0. The monoisotopic (exact) mass is 584 g/mol. The maximum Gasteiger partial charge on any atom is 0.310 e. The second-order valence-electron chi connectivity index (χ2n) is 13.9. The zero-order valence-corrected chi connectivity index (χ0v) is 24.8. The summed E-state index contributed by atoms with van der Waals surface area (Å²) in [5, 5.41) is 38.4. The summed E-state index contributed by atoms with van der Waals surface area (Å²) < 4.78 is 5.81. The molecule has 4 N–H and O–H groups in total. The van der Waals surface area contributed by atoms with E-state index in [1.165, 1.54) is 0 Å². The Morgan fingerprint density at radius 2 is 1.29 bits per heavy atom. The molecule has 4 saturated carbocycles. The van der Waals surface area contributed by atoms with E-state index < -0.39 is 29.9 Å². The maximum atomic E-state index is 12.9. The number of hydrogen-bond donors (Lipinski definition) is 4. The molecule has 0 radical (unpaired) electrons. The van der Waals surface area contributed by atoms with E-state index in [1.54, 1.807) is 0 Å². The largest absolute Gasteiger partial charge is 0.481 e. The van der Waals surface area contributed by atoms with Gasteiger partial charge in [-0.25, -0.2) is 14.7 Å². The summed E-state index contributed by atoms with van der Waals surface area (Å²) in [4.78, 5) is 40.3. The van der Waals surface area contributed by atoms with Crippen LogP contribution >= 0.6 is 0 Å². The highest BCUT2D eigenvalue weighted by Gasteiger charge is 2.43. The fraction of sp³-hybridized carbons (Fsp3) is 0.935. The highest BCUT2D eigenvalue weighted by molar-refractivity contribution is 5.81. The average Bonchev–Trinajstić information content (AvgIpc) is 2.95. The van der Waals surface area contributed by atoms with Crippen molar-refractivity contribution in [3.8, 4) is 0 Å². The molecule has 4 rings (SSSR count). The summed E-state index contributed by atoms with van der Waals surface area (Å²) in [6.45, 7) is 5.37. The molecule has 0 aromatic rings. The summed E-state index contributed by atoms with van der Waals surface area (Å²) in [7, 11) is 0. The molecule has 0 amide bonds.